The van der Waals surface area contributed by atoms with Crippen molar-refractivity contribution in [3.8, 4) is 0 Å². The SMILES string of the molecule is C=C(C)CCCC(C)CCC(=O)CC. The Morgan fingerprint density at radius 3 is 2.43 bits per heavy atom. The van der Waals surface area contributed by atoms with Crippen molar-refractivity contribution in [3.63, 3.8) is 0 Å². The Labute approximate surface area is 88.6 Å². The molecule has 1 heteroatoms. The maximum atomic E-state index is 11.1. The van der Waals surface area contributed by atoms with Crippen LogP contribution in [-0.2, 0) is 4.79 Å². The first kappa shape index (κ1) is 13.4. The Morgan fingerprint density at radius 2 is 1.93 bits per heavy atom. The first-order chi connectivity index (χ1) is 6.56. The van der Waals surface area contributed by atoms with Gasteiger partial charge in [-0.05, 0) is 32.1 Å². The summed E-state index contributed by atoms with van der Waals surface area (Å²) < 4.78 is 0. The molecule has 0 bridgehead atoms. The van der Waals surface area contributed by atoms with Gasteiger partial charge >= 0.3 is 0 Å². The fourth-order valence-electron chi connectivity index (χ4n) is 1.48. The van der Waals surface area contributed by atoms with Gasteiger partial charge < -0.3 is 0 Å². The molecule has 0 aromatic carbocycles. The Balaban J connectivity index is 3.41. The molecule has 0 aromatic heterocycles. The number of allylic oxidation sites excluding steroid dienone is 1. The van der Waals surface area contributed by atoms with Crippen molar-refractivity contribution < 1.29 is 4.79 Å². The molecule has 0 radical (unpaired) electrons. The van der Waals surface area contributed by atoms with Gasteiger partial charge in [-0.3, -0.25) is 4.79 Å². The van der Waals surface area contributed by atoms with Crippen molar-refractivity contribution in [1.82, 2.24) is 0 Å². The van der Waals surface area contributed by atoms with Crippen molar-refractivity contribution in [3.05, 3.63) is 12.2 Å². The smallest absolute Gasteiger partial charge is 0.132 e. The van der Waals surface area contributed by atoms with Gasteiger partial charge in [0.25, 0.3) is 0 Å². The first-order valence-electron chi connectivity index (χ1n) is 5.72. The van der Waals surface area contributed by atoms with Crippen LogP contribution in [0.4, 0.5) is 0 Å². The summed E-state index contributed by atoms with van der Waals surface area (Å²) >= 11 is 0. The molecule has 0 aliphatic rings. The van der Waals surface area contributed by atoms with Crippen LogP contribution in [0, 0.1) is 5.92 Å². The van der Waals surface area contributed by atoms with E-state index >= 15 is 0 Å². The molecule has 0 heterocycles. The van der Waals surface area contributed by atoms with E-state index in [4.69, 9.17) is 0 Å². The zero-order valence-corrected chi connectivity index (χ0v) is 9.94. The molecular weight excluding hydrogens is 172 g/mol. The van der Waals surface area contributed by atoms with E-state index in [1.165, 1.54) is 18.4 Å². The second-order valence-corrected chi connectivity index (χ2v) is 4.39. The molecule has 0 aliphatic carbocycles. The molecule has 0 fully saturated rings. The molecule has 0 N–H and O–H groups in total. The van der Waals surface area contributed by atoms with Gasteiger partial charge in [-0.25, -0.2) is 0 Å². The summed E-state index contributed by atoms with van der Waals surface area (Å²) in [7, 11) is 0. The van der Waals surface area contributed by atoms with E-state index in [1.807, 2.05) is 6.92 Å². The number of ketones is 1. The number of Topliss-reactive ketones (excluding diaryl/α,β-unsaturated/α-hetero) is 1. The van der Waals surface area contributed by atoms with Crippen LogP contribution in [0.2, 0.25) is 0 Å². The highest BCUT2D eigenvalue weighted by Crippen LogP contribution is 2.16. The van der Waals surface area contributed by atoms with Crippen molar-refractivity contribution in [1.29, 1.82) is 0 Å². The number of hydrogen-bond acceptors (Lipinski definition) is 1. The summed E-state index contributed by atoms with van der Waals surface area (Å²) in [5.74, 6) is 1.08. The zero-order valence-electron chi connectivity index (χ0n) is 9.94. The van der Waals surface area contributed by atoms with Crippen LogP contribution < -0.4 is 0 Å². The summed E-state index contributed by atoms with van der Waals surface area (Å²) in [6, 6.07) is 0. The molecule has 1 atom stereocenters. The lowest BCUT2D eigenvalue weighted by molar-refractivity contribution is -0.119. The fraction of sp³-hybridized carbons (Fsp3) is 0.769. The van der Waals surface area contributed by atoms with Crippen LogP contribution in [0.1, 0.15) is 59.3 Å². The van der Waals surface area contributed by atoms with Gasteiger partial charge in [0, 0.05) is 12.8 Å². The molecule has 0 rings (SSSR count). The monoisotopic (exact) mass is 196 g/mol. The Morgan fingerprint density at radius 1 is 1.29 bits per heavy atom. The molecule has 82 valence electrons. The molecule has 0 saturated carbocycles. The van der Waals surface area contributed by atoms with Gasteiger partial charge in [0.15, 0.2) is 0 Å². The molecule has 1 unspecified atom stereocenters. The summed E-state index contributed by atoms with van der Waals surface area (Å²) in [4.78, 5) is 11.1. The lowest BCUT2D eigenvalue weighted by Gasteiger charge is -2.09. The maximum Gasteiger partial charge on any atom is 0.132 e. The molecule has 14 heavy (non-hydrogen) atoms. The van der Waals surface area contributed by atoms with Gasteiger partial charge in [-0.1, -0.05) is 25.8 Å². The minimum absolute atomic E-state index is 0.400. The predicted molar refractivity (Wildman–Crippen MR) is 62.4 cm³/mol. The Kier molecular flexibility index (Phi) is 7.45. The highest BCUT2D eigenvalue weighted by atomic mass is 16.1. The zero-order chi connectivity index (χ0) is 11.0. The molecular formula is C13H24O. The second kappa shape index (κ2) is 7.78. The first-order valence-corrected chi connectivity index (χ1v) is 5.72. The minimum Gasteiger partial charge on any atom is -0.300 e. The lowest BCUT2D eigenvalue weighted by atomic mass is 9.96. The third-order valence-corrected chi connectivity index (χ3v) is 2.61. The van der Waals surface area contributed by atoms with Gasteiger partial charge in [0.2, 0.25) is 0 Å². The number of rotatable bonds is 8. The van der Waals surface area contributed by atoms with Crippen LogP contribution in [0.15, 0.2) is 12.2 Å². The highest BCUT2D eigenvalue weighted by Gasteiger charge is 2.05. The summed E-state index contributed by atoms with van der Waals surface area (Å²) in [6.45, 7) is 10.1. The average molecular weight is 196 g/mol. The molecule has 0 amide bonds. The van der Waals surface area contributed by atoms with E-state index < -0.39 is 0 Å². The van der Waals surface area contributed by atoms with Crippen molar-refractivity contribution in [2.24, 2.45) is 5.92 Å². The highest BCUT2D eigenvalue weighted by molar-refractivity contribution is 5.77. The predicted octanol–water partition coefficient (Wildman–Crippen LogP) is 4.13. The lowest BCUT2D eigenvalue weighted by Crippen LogP contribution is -2.01. The number of carbonyl (C=O) groups is 1. The van der Waals surface area contributed by atoms with Crippen LogP contribution in [0.5, 0.6) is 0 Å². The minimum atomic E-state index is 0.400. The maximum absolute atomic E-state index is 11.1. The van der Waals surface area contributed by atoms with E-state index in [-0.39, 0.29) is 0 Å². The van der Waals surface area contributed by atoms with Gasteiger partial charge in [0.1, 0.15) is 5.78 Å². The van der Waals surface area contributed by atoms with Gasteiger partial charge in [-0.2, -0.15) is 0 Å². The van der Waals surface area contributed by atoms with Gasteiger partial charge in [-0.15, -0.1) is 6.58 Å². The van der Waals surface area contributed by atoms with Crippen LogP contribution in [-0.4, -0.2) is 5.78 Å². The third kappa shape index (κ3) is 8.03. The Bertz CT molecular complexity index is 182. The van der Waals surface area contributed by atoms with Crippen LogP contribution in [0.25, 0.3) is 0 Å². The molecule has 0 aromatic rings. The molecule has 1 nitrogen and oxygen atoms in total. The van der Waals surface area contributed by atoms with E-state index in [2.05, 4.69) is 20.4 Å². The standard InChI is InChI=1S/C13H24O/c1-5-13(14)10-9-12(4)8-6-7-11(2)3/h12H,2,5-10H2,1,3-4H3. The number of carbonyl (C=O) groups excluding carboxylic acids is 1. The summed E-state index contributed by atoms with van der Waals surface area (Å²) in [5, 5.41) is 0. The number of hydrogen-bond donors (Lipinski definition) is 0. The van der Waals surface area contributed by atoms with E-state index in [0.29, 0.717) is 18.1 Å². The summed E-state index contributed by atoms with van der Waals surface area (Å²) in [5.41, 5.74) is 1.27. The summed E-state index contributed by atoms with van der Waals surface area (Å²) in [6.07, 6.45) is 6.10. The normalized spacial score (nSPS) is 12.5. The van der Waals surface area contributed by atoms with Crippen molar-refractivity contribution in [2.45, 2.75) is 59.3 Å². The van der Waals surface area contributed by atoms with E-state index in [9.17, 15) is 4.79 Å². The fourth-order valence-corrected chi connectivity index (χ4v) is 1.48. The van der Waals surface area contributed by atoms with Crippen molar-refractivity contribution >= 4 is 5.78 Å². The Hall–Kier alpha value is -0.590. The average Bonchev–Trinajstić information content (AvgIpc) is 2.13. The molecule has 0 aliphatic heterocycles. The third-order valence-electron chi connectivity index (χ3n) is 2.61. The van der Waals surface area contributed by atoms with Crippen LogP contribution >= 0.6 is 0 Å². The van der Waals surface area contributed by atoms with E-state index in [0.717, 1.165) is 19.3 Å². The van der Waals surface area contributed by atoms with Crippen molar-refractivity contribution in [2.75, 3.05) is 0 Å². The largest absolute Gasteiger partial charge is 0.300 e. The van der Waals surface area contributed by atoms with Gasteiger partial charge in [0.05, 0.1) is 0 Å². The molecule has 0 spiro atoms. The van der Waals surface area contributed by atoms with Crippen LogP contribution in [0.3, 0.4) is 0 Å². The molecule has 0 saturated heterocycles. The topological polar surface area (TPSA) is 17.1 Å². The second-order valence-electron chi connectivity index (χ2n) is 4.39. The quantitative estimate of drug-likeness (QED) is 0.533. The van der Waals surface area contributed by atoms with E-state index in [1.54, 1.807) is 0 Å².